The van der Waals surface area contributed by atoms with Gasteiger partial charge in [-0.25, -0.2) is 22.9 Å². The Labute approximate surface area is 170 Å². The second kappa shape index (κ2) is 8.31. The molecule has 2 heterocycles. The molecule has 0 bridgehead atoms. The molecule has 4 rings (SSSR count). The number of anilines is 1. The van der Waals surface area contributed by atoms with Crippen LogP contribution in [0.2, 0.25) is 0 Å². The van der Waals surface area contributed by atoms with Crippen molar-refractivity contribution in [2.75, 3.05) is 24.7 Å². The molecule has 2 aromatic heterocycles. The van der Waals surface area contributed by atoms with Crippen LogP contribution in [0.4, 0.5) is 5.69 Å². The molecule has 2 fully saturated rings. The SMILES string of the molecule is CNS(=O)(=O)C[C@H]1CC[C@H](Nc2c(C(=O)OCC3CC3)cnc3[nH]ccc23)CC1. The van der Waals surface area contributed by atoms with Crippen molar-refractivity contribution in [2.45, 2.75) is 44.6 Å². The van der Waals surface area contributed by atoms with E-state index >= 15 is 0 Å². The number of carbonyl (C=O) groups excluding carboxylic acids is 1. The van der Waals surface area contributed by atoms with Gasteiger partial charge >= 0.3 is 5.97 Å². The predicted molar refractivity (Wildman–Crippen MR) is 111 cm³/mol. The summed E-state index contributed by atoms with van der Waals surface area (Å²) >= 11 is 0. The van der Waals surface area contributed by atoms with Gasteiger partial charge in [-0.15, -0.1) is 0 Å². The molecule has 0 aromatic carbocycles. The average Bonchev–Trinajstić information content (AvgIpc) is 3.42. The molecular weight excluding hydrogens is 392 g/mol. The maximum atomic E-state index is 12.7. The summed E-state index contributed by atoms with van der Waals surface area (Å²) < 4.78 is 31.5. The molecule has 0 amide bonds. The molecular formula is C20H28N4O4S. The van der Waals surface area contributed by atoms with Gasteiger partial charge in [-0.3, -0.25) is 0 Å². The Hall–Kier alpha value is -2.13. The van der Waals surface area contributed by atoms with E-state index in [4.69, 9.17) is 4.74 Å². The van der Waals surface area contributed by atoms with Crippen LogP contribution in [0.3, 0.4) is 0 Å². The normalized spacial score (nSPS) is 22.5. The molecule has 0 radical (unpaired) electrons. The van der Waals surface area contributed by atoms with Crippen LogP contribution in [0.25, 0.3) is 11.0 Å². The minimum absolute atomic E-state index is 0.165. The second-order valence-corrected chi connectivity index (χ2v) is 10.1. The van der Waals surface area contributed by atoms with Crippen LogP contribution in [0.5, 0.6) is 0 Å². The number of esters is 1. The largest absolute Gasteiger partial charge is 0.462 e. The number of aromatic amines is 1. The Morgan fingerprint density at radius 1 is 1.21 bits per heavy atom. The topological polar surface area (TPSA) is 113 Å². The smallest absolute Gasteiger partial charge is 0.341 e. The summed E-state index contributed by atoms with van der Waals surface area (Å²) in [6.07, 6.45) is 9.01. The van der Waals surface area contributed by atoms with Crippen molar-refractivity contribution in [3.63, 3.8) is 0 Å². The zero-order chi connectivity index (χ0) is 20.4. The van der Waals surface area contributed by atoms with Crippen LogP contribution >= 0.6 is 0 Å². The van der Waals surface area contributed by atoms with Gasteiger partial charge in [0.15, 0.2) is 0 Å². The highest BCUT2D eigenvalue weighted by molar-refractivity contribution is 7.89. The van der Waals surface area contributed by atoms with E-state index in [1.54, 1.807) is 6.20 Å². The Kier molecular flexibility index (Phi) is 5.78. The standard InChI is InChI=1S/C20H28N4O4S/c1-21-29(26,27)12-14-4-6-15(7-5-14)24-18-16-8-9-22-19(16)23-10-17(18)20(25)28-11-13-2-3-13/h8-10,13-15,21H,2-7,11-12H2,1H3,(H2,22,23,24)/t14-,15-. The number of hydrogen-bond donors (Lipinski definition) is 3. The zero-order valence-corrected chi connectivity index (χ0v) is 17.4. The summed E-state index contributed by atoms with van der Waals surface area (Å²) in [5.74, 6) is 0.497. The summed E-state index contributed by atoms with van der Waals surface area (Å²) in [4.78, 5) is 20.1. The molecule has 2 aromatic rings. The van der Waals surface area contributed by atoms with Crippen LogP contribution < -0.4 is 10.0 Å². The molecule has 2 aliphatic rings. The van der Waals surface area contributed by atoms with E-state index in [0.29, 0.717) is 18.1 Å². The van der Waals surface area contributed by atoms with Crippen molar-refractivity contribution in [1.82, 2.24) is 14.7 Å². The maximum Gasteiger partial charge on any atom is 0.341 e. The number of nitrogens with one attached hydrogen (secondary N) is 3. The van der Waals surface area contributed by atoms with E-state index in [2.05, 4.69) is 20.0 Å². The fraction of sp³-hybridized carbons (Fsp3) is 0.600. The fourth-order valence-electron chi connectivity index (χ4n) is 3.95. The van der Waals surface area contributed by atoms with Gasteiger partial charge in [0.25, 0.3) is 0 Å². The van der Waals surface area contributed by atoms with E-state index in [1.165, 1.54) is 7.05 Å². The molecule has 0 atom stereocenters. The first-order valence-corrected chi connectivity index (χ1v) is 11.9. The lowest BCUT2D eigenvalue weighted by molar-refractivity contribution is 0.0487. The van der Waals surface area contributed by atoms with E-state index < -0.39 is 10.0 Å². The first-order chi connectivity index (χ1) is 13.9. The van der Waals surface area contributed by atoms with Crippen LogP contribution in [-0.2, 0) is 14.8 Å². The summed E-state index contributed by atoms with van der Waals surface area (Å²) in [5, 5.41) is 4.40. The first-order valence-electron chi connectivity index (χ1n) is 10.3. The van der Waals surface area contributed by atoms with Crippen molar-refractivity contribution >= 4 is 32.7 Å². The lowest BCUT2D eigenvalue weighted by atomic mass is 9.87. The highest BCUT2D eigenvalue weighted by Gasteiger charge is 2.28. The monoisotopic (exact) mass is 420 g/mol. The Balaban J connectivity index is 1.46. The molecule has 29 heavy (non-hydrogen) atoms. The number of hydrogen-bond acceptors (Lipinski definition) is 6. The van der Waals surface area contributed by atoms with Crippen molar-refractivity contribution in [3.05, 3.63) is 24.0 Å². The van der Waals surface area contributed by atoms with Crippen molar-refractivity contribution in [2.24, 2.45) is 11.8 Å². The Morgan fingerprint density at radius 3 is 2.62 bits per heavy atom. The van der Waals surface area contributed by atoms with E-state index in [1.807, 2.05) is 12.3 Å². The molecule has 9 heteroatoms. The number of ether oxygens (including phenoxy) is 1. The minimum Gasteiger partial charge on any atom is -0.462 e. The van der Waals surface area contributed by atoms with E-state index in [-0.39, 0.29) is 23.7 Å². The number of rotatable bonds is 8. The summed E-state index contributed by atoms with van der Waals surface area (Å²) in [6, 6.07) is 2.09. The number of nitrogens with zero attached hydrogens (tertiary/aromatic N) is 1. The number of carbonyl (C=O) groups is 1. The van der Waals surface area contributed by atoms with E-state index in [0.717, 1.165) is 55.2 Å². The maximum absolute atomic E-state index is 12.7. The number of pyridine rings is 1. The fourth-order valence-corrected chi connectivity index (χ4v) is 5.07. The predicted octanol–water partition coefficient (Wildman–Crippen LogP) is 2.65. The number of H-pyrrole nitrogens is 1. The van der Waals surface area contributed by atoms with Crippen LogP contribution in [0, 0.1) is 11.8 Å². The van der Waals surface area contributed by atoms with Gasteiger partial charge in [-0.1, -0.05) is 0 Å². The van der Waals surface area contributed by atoms with Gasteiger partial charge in [0.2, 0.25) is 10.0 Å². The molecule has 0 aliphatic heterocycles. The molecule has 0 spiro atoms. The van der Waals surface area contributed by atoms with Crippen LogP contribution in [0.15, 0.2) is 18.5 Å². The Morgan fingerprint density at radius 2 is 1.93 bits per heavy atom. The molecule has 0 unspecified atom stereocenters. The third kappa shape index (κ3) is 4.90. The van der Waals surface area contributed by atoms with Gasteiger partial charge in [0.1, 0.15) is 11.2 Å². The minimum atomic E-state index is -3.19. The van der Waals surface area contributed by atoms with Gasteiger partial charge in [-0.05, 0) is 63.5 Å². The summed E-state index contributed by atoms with van der Waals surface area (Å²) in [7, 11) is -1.73. The van der Waals surface area contributed by atoms with Crippen LogP contribution in [-0.4, -0.2) is 49.8 Å². The molecule has 158 valence electrons. The lowest BCUT2D eigenvalue weighted by Gasteiger charge is -2.30. The van der Waals surface area contributed by atoms with Crippen molar-refractivity contribution < 1.29 is 17.9 Å². The van der Waals surface area contributed by atoms with Crippen LogP contribution in [0.1, 0.15) is 48.9 Å². The number of aromatic nitrogens is 2. The third-order valence-corrected chi connectivity index (χ3v) is 7.45. The molecule has 0 saturated heterocycles. The molecule has 3 N–H and O–H groups in total. The molecule has 8 nitrogen and oxygen atoms in total. The summed E-state index contributed by atoms with van der Waals surface area (Å²) in [6.45, 7) is 0.467. The summed E-state index contributed by atoms with van der Waals surface area (Å²) in [5.41, 5.74) is 1.93. The molecule has 2 aliphatic carbocycles. The highest BCUT2D eigenvalue weighted by atomic mass is 32.2. The number of sulfonamides is 1. The van der Waals surface area contributed by atoms with E-state index in [9.17, 15) is 13.2 Å². The zero-order valence-electron chi connectivity index (χ0n) is 16.6. The first kappa shape index (κ1) is 20.2. The molecule has 2 saturated carbocycles. The third-order valence-electron chi connectivity index (χ3n) is 5.91. The Bertz CT molecular complexity index is 976. The highest BCUT2D eigenvalue weighted by Crippen LogP contribution is 2.33. The van der Waals surface area contributed by atoms with Crippen molar-refractivity contribution in [3.8, 4) is 0 Å². The quantitative estimate of drug-likeness (QED) is 0.566. The van der Waals surface area contributed by atoms with Gasteiger partial charge < -0.3 is 15.0 Å². The van der Waals surface area contributed by atoms with Gasteiger partial charge in [-0.2, -0.15) is 0 Å². The average molecular weight is 421 g/mol. The van der Waals surface area contributed by atoms with Gasteiger partial charge in [0.05, 0.1) is 18.0 Å². The van der Waals surface area contributed by atoms with Crippen molar-refractivity contribution in [1.29, 1.82) is 0 Å². The second-order valence-electron chi connectivity index (χ2n) is 8.18. The lowest BCUT2D eigenvalue weighted by Crippen LogP contribution is -2.32. The number of fused-ring (bicyclic) bond motifs is 1. The van der Waals surface area contributed by atoms with Gasteiger partial charge in [0, 0.05) is 23.8 Å².